The van der Waals surface area contributed by atoms with Gasteiger partial charge in [0, 0.05) is 18.9 Å². The summed E-state index contributed by atoms with van der Waals surface area (Å²) in [4.78, 5) is 37.2. The first-order valence-corrected chi connectivity index (χ1v) is 7.58. The first-order valence-electron chi connectivity index (χ1n) is 7.58. The summed E-state index contributed by atoms with van der Waals surface area (Å²) in [5, 5.41) is 9.04. The Morgan fingerprint density at radius 1 is 1.10 bits per heavy atom. The van der Waals surface area contributed by atoms with Gasteiger partial charge in [-0.3, -0.25) is 19.3 Å². The van der Waals surface area contributed by atoms with Crippen molar-refractivity contribution < 1.29 is 19.5 Å². The van der Waals surface area contributed by atoms with Crippen molar-refractivity contribution in [2.24, 2.45) is 11.3 Å². The van der Waals surface area contributed by atoms with Gasteiger partial charge in [0.15, 0.2) is 0 Å². The molecule has 2 saturated carbocycles. The Morgan fingerprint density at radius 3 is 2.20 bits per heavy atom. The average Bonchev–Trinajstić information content (AvgIpc) is 2.98. The second-order valence-electron chi connectivity index (χ2n) is 6.72. The van der Waals surface area contributed by atoms with Gasteiger partial charge >= 0.3 is 5.97 Å². The fraction of sp³-hybridized carbons (Fsp3) is 0.800. The number of carbonyl (C=O) groups excluding carboxylic acids is 2. The van der Waals surface area contributed by atoms with Crippen molar-refractivity contribution in [2.45, 2.75) is 63.8 Å². The molecule has 1 heterocycles. The first-order chi connectivity index (χ1) is 9.51. The van der Waals surface area contributed by atoms with Gasteiger partial charge in [-0.1, -0.05) is 12.8 Å². The van der Waals surface area contributed by atoms with E-state index in [0.717, 1.165) is 25.7 Å². The molecule has 2 aliphatic carbocycles. The lowest BCUT2D eigenvalue weighted by molar-refractivity contribution is -0.157. The second kappa shape index (κ2) is 4.86. The summed E-state index contributed by atoms with van der Waals surface area (Å²) in [6, 6.07) is -0.185. The van der Waals surface area contributed by atoms with Gasteiger partial charge in [-0.15, -0.1) is 0 Å². The molecule has 0 aromatic carbocycles. The third-order valence-electron chi connectivity index (χ3n) is 5.37. The summed E-state index contributed by atoms with van der Waals surface area (Å²) in [5.41, 5.74) is -0.0739. The zero-order valence-electron chi connectivity index (χ0n) is 11.6. The number of carboxylic acid groups (broad SMARTS) is 1. The topological polar surface area (TPSA) is 74.7 Å². The molecular formula is C15H21NO4. The van der Waals surface area contributed by atoms with Gasteiger partial charge in [-0.2, -0.15) is 0 Å². The molecule has 0 aromatic rings. The number of hydrogen-bond acceptors (Lipinski definition) is 3. The molecule has 1 aliphatic heterocycles. The Kier molecular flexibility index (Phi) is 3.30. The van der Waals surface area contributed by atoms with E-state index >= 15 is 0 Å². The molecule has 3 aliphatic rings. The highest BCUT2D eigenvalue weighted by molar-refractivity contribution is 5.99. The first kappa shape index (κ1) is 13.6. The van der Waals surface area contributed by atoms with Gasteiger partial charge < -0.3 is 5.11 Å². The molecule has 0 radical (unpaired) electrons. The molecule has 0 unspecified atom stereocenters. The number of likely N-dealkylation sites (tertiary alicyclic amines) is 1. The lowest BCUT2D eigenvalue weighted by atomic mass is 9.76. The Morgan fingerprint density at radius 2 is 1.70 bits per heavy atom. The van der Waals surface area contributed by atoms with Crippen LogP contribution in [0.25, 0.3) is 0 Å². The molecule has 110 valence electrons. The molecule has 5 heteroatoms. The van der Waals surface area contributed by atoms with Crippen LogP contribution in [0.3, 0.4) is 0 Å². The fourth-order valence-electron chi connectivity index (χ4n) is 4.32. The van der Waals surface area contributed by atoms with Crippen molar-refractivity contribution in [3.05, 3.63) is 0 Å². The fourth-order valence-corrected chi connectivity index (χ4v) is 4.32. The van der Waals surface area contributed by atoms with Crippen LogP contribution in [0.1, 0.15) is 57.8 Å². The molecular weight excluding hydrogens is 258 g/mol. The summed E-state index contributed by atoms with van der Waals surface area (Å²) in [6.45, 7) is 0. The van der Waals surface area contributed by atoms with Gasteiger partial charge in [0.2, 0.25) is 11.8 Å². The molecule has 0 aromatic heterocycles. The number of carboxylic acids is 1. The Hall–Kier alpha value is -1.39. The van der Waals surface area contributed by atoms with E-state index < -0.39 is 11.9 Å². The molecule has 3 rings (SSSR count). The Balaban J connectivity index is 1.71. The van der Waals surface area contributed by atoms with Crippen LogP contribution in [-0.2, 0) is 14.4 Å². The van der Waals surface area contributed by atoms with Gasteiger partial charge in [-0.05, 0) is 37.5 Å². The predicted molar refractivity (Wildman–Crippen MR) is 70.8 cm³/mol. The highest BCUT2D eigenvalue weighted by Gasteiger charge is 2.48. The minimum Gasteiger partial charge on any atom is -0.481 e. The van der Waals surface area contributed by atoms with Crippen molar-refractivity contribution >= 4 is 17.8 Å². The van der Waals surface area contributed by atoms with E-state index in [2.05, 4.69) is 0 Å². The van der Waals surface area contributed by atoms with E-state index in [1.54, 1.807) is 0 Å². The minimum atomic E-state index is -0.809. The second-order valence-corrected chi connectivity index (χ2v) is 6.72. The summed E-state index contributed by atoms with van der Waals surface area (Å²) in [7, 11) is 0. The van der Waals surface area contributed by atoms with Gasteiger partial charge in [0.1, 0.15) is 0 Å². The van der Waals surface area contributed by atoms with E-state index in [9.17, 15) is 14.4 Å². The predicted octanol–water partition coefficient (Wildman–Crippen LogP) is 1.95. The molecule has 2 atom stereocenters. The third-order valence-corrected chi connectivity index (χ3v) is 5.37. The van der Waals surface area contributed by atoms with Crippen LogP contribution < -0.4 is 0 Å². The minimum absolute atomic E-state index is 0.0702. The number of imide groups is 1. The van der Waals surface area contributed by atoms with E-state index in [-0.39, 0.29) is 23.3 Å². The monoisotopic (exact) mass is 279 g/mol. The number of nitrogens with zero attached hydrogens (tertiary/aromatic N) is 1. The lowest BCUT2D eigenvalue weighted by Crippen LogP contribution is -2.51. The van der Waals surface area contributed by atoms with E-state index in [4.69, 9.17) is 5.11 Å². The zero-order valence-corrected chi connectivity index (χ0v) is 11.6. The third kappa shape index (κ3) is 2.23. The zero-order chi connectivity index (χ0) is 14.3. The number of aliphatic carboxylic acids is 1. The maximum Gasteiger partial charge on any atom is 0.306 e. The molecule has 2 amide bonds. The smallest absolute Gasteiger partial charge is 0.306 e. The molecule has 20 heavy (non-hydrogen) atoms. The van der Waals surface area contributed by atoms with Crippen LogP contribution in [0.5, 0.6) is 0 Å². The number of hydrogen-bond donors (Lipinski definition) is 1. The molecule has 0 bridgehead atoms. The van der Waals surface area contributed by atoms with Crippen LogP contribution in [-0.4, -0.2) is 33.8 Å². The van der Waals surface area contributed by atoms with Crippen molar-refractivity contribution in [1.82, 2.24) is 4.90 Å². The van der Waals surface area contributed by atoms with Crippen molar-refractivity contribution in [1.29, 1.82) is 0 Å². The number of rotatable bonds is 2. The lowest BCUT2D eigenvalue weighted by Gasteiger charge is -2.39. The standard InChI is InChI=1S/C15H21NO4/c17-12-8-15(5-1-2-6-15)9-13(18)16(12)11-4-3-10(7-11)14(19)20/h10-11H,1-9H2,(H,19,20)/t10-,11+/m1/s1. The number of piperidine rings is 1. The van der Waals surface area contributed by atoms with E-state index in [0.29, 0.717) is 32.1 Å². The average molecular weight is 279 g/mol. The molecule has 3 fully saturated rings. The van der Waals surface area contributed by atoms with Gasteiger partial charge in [-0.25, -0.2) is 0 Å². The van der Waals surface area contributed by atoms with Gasteiger partial charge in [0.05, 0.1) is 5.92 Å². The summed E-state index contributed by atoms with van der Waals surface area (Å²) < 4.78 is 0. The van der Waals surface area contributed by atoms with Crippen LogP contribution in [0.15, 0.2) is 0 Å². The van der Waals surface area contributed by atoms with Crippen molar-refractivity contribution in [2.75, 3.05) is 0 Å². The summed E-state index contributed by atoms with van der Waals surface area (Å²) >= 11 is 0. The molecule has 5 nitrogen and oxygen atoms in total. The SMILES string of the molecule is O=C(O)[C@@H]1CC[C@H](N2C(=O)CC3(CCCC3)CC2=O)C1. The summed E-state index contributed by atoms with van der Waals surface area (Å²) in [5.74, 6) is -1.35. The van der Waals surface area contributed by atoms with Crippen LogP contribution in [0.4, 0.5) is 0 Å². The normalized spacial score (nSPS) is 33.1. The maximum atomic E-state index is 12.4. The highest BCUT2D eigenvalue weighted by atomic mass is 16.4. The molecule has 1 N–H and O–H groups in total. The van der Waals surface area contributed by atoms with Gasteiger partial charge in [0.25, 0.3) is 0 Å². The number of amides is 2. The number of carbonyl (C=O) groups is 3. The quantitative estimate of drug-likeness (QED) is 0.784. The Bertz CT molecular complexity index is 433. The molecule has 1 saturated heterocycles. The largest absolute Gasteiger partial charge is 0.481 e. The Labute approximate surface area is 118 Å². The van der Waals surface area contributed by atoms with E-state index in [1.165, 1.54) is 4.90 Å². The molecule has 1 spiro atoms. The van der Waals surface area contributed by atoms with Crippen LogP contribution in [0, 0.1) is 11.3 Å². The summed E-state index contributed by atoms with van der Waals surface area (Å²) in [6.07, 6.45) is 6.81. The van der Waals surface area contributed by atoms with Crippen molar-refractivity contribution in [3.63, 3.8) is 0 Å². The van der Waals surface area contributed by atoms with Crippen LogP contribution >= 0.6 is 0 Å². The maximum absolute atomic E-state index is 12.4. The van der Waals surface area contributed by atoms with Crippen LogP contribution in [0.2, 0.25) is 0 Å². The highest BCUT2D eigenvalue weighted by Crippen LogP contribution is 2.48. The van der Waals surface area contributed by atoms with E-state index in [1.807, 2.05) is 0 Å². The van der Waals surface area contributed by atoms with Crippen molar-refractivity contribution in [3.8, 4) is 0 Å².